The number of carbonyl (C=O) groups is 3. The van der Waals surface area contributed by atoms with Crippen molar-refractivity contribution in [3.05, 3.63) is 23.8 Å². The van der Waals surface area contributed by atoms with E-state index in [2.05, 4.69) is 0 Å². The first-order chi connectivity index (χ1) is 8.90. The predicted octanol–water partition coefficient (Wildman–Crippen LogP) is 1.30. The molecule has 1 aliphatic rings. The fourth-order valence-corrected chi connectivity index (χ4v) is 2.88. The van der Waals surface area contributed by atoms with Crippen LogP contribution < -0.4 is 4.90 Å². The van der Waals surface area contributed by atoms with E-state index in [4.69, 9.17) is 10.2 Å². The second-order valence-electron chi connectivity index (χ2n) is 4.07. The number of carboxylic acid groups (broad SMARTS) is 2. The van der Waals surface area contributed by atoms with Crippen molar-refractivity contribution in [2.45, 2.75) is 17.1 Å². The molecule has 0 radical (unpaired) electrons. The lowest BCUT2D eigenvalue weighted by molar-refractivity contribution is -0.136. The molecule has 1 aromatic carbocycles. The number of carboxylic acids is 2. The number of nitrogens with zero attached hydrogens (tertiary/aromatic N) is 1. The van der Waals surface area contributed by atoms with Gasteiger partial charge in [-0.15, -0.1) is 11.8 Å². The Balaban J connectivity index is 2.50. The van der Waals surface area contributed by atoms with Gasteiger partial charge in [-0.05, 0) is 25.1 Å². The van der Waals surface area contributed by atoms with Gasteiger partial charge in [-0.2, -0.15) is 0 Å². The van der Waals surface area contributed by atoms with Crippen molar-refractivity contribution in [3.8, 4) is 0 Å². The molecule has 7 heteroatoms. The lowest BCUT2D eigenvalue weighted by Crippen LogP contribution is -2.42. The standard InChI is InChI=1S/C12H11NO5S/c1-6-11(16)13(5-10(14)15)8-4-7(12(17)18)2-3-9(8)19-6/h2-4,6H,5H2,1H3,(H,14,15)(H,17,18). The van der Waals surface area contributed by atoms with E-state index >= 15 is 0 Å². The van der Waals surface area contributed by atoms with E-state index in [0.717, 1.165) is 4.90 Å². The van der Waals surface area contributed by atoms with Crippen LogP contribution in [0.1, 0.15) is 17.3 Å². The minimum atomic E-state index is -1.14. The average molecular weight is 281 g/mol. The zero-order valence-corrected chi connectivity index (χ0v) is 10.8. The molecule has 19 heavy (non-hydrogen) atoms. The maximum atomic E-state index is 12.0. The second-order valence-corrected chi connectivity index (χ2v) is 5.45. The Labute approximate surface area is 113 Å². The van der Waals surface area contributed by atoms with Crippen molar-refractivity contribution in [1.82, 2.24) is 0 Å². The number of carbonyl (C=O) groups excluding carboxylic acids is 1. The number of amides is 1. The highest BCUT2D eigenvalue weighted by molar-refractivity contribution is 8.01. The van der Waals surface area contributed by atoms with E-state index in [1.54, 1.807) is 13.0 Å². The Morgan fingerprint density at radius 3 is 2.63 bits per heavy atom. The summed E-state index contributed by atoms with van der Waals surface area (Å²) >= 11 is 1.29. The number of rotatable bonds is 3. The minimum Gasteiger partial charge on any atom is -0.480 e. The lowest BCUT2D eigenvalue weighted by atomic mass is 10.1. The maximum Gasteiger partial charge on any atom is 0.335 e. The molecule has 0 aromatic heterocycles. The first-order valence-electron chi connectivity index (χ1n) is 5.47. The van der Waals surface area contributed by atoms with Gasteiger partial charge < -0.3 is 10.2 Å². The van der Waals surface area contributed by atoms with Crippen molar-refractivity contribution < 1.29 is 24.6 Å². The molecular formula is C12H11NO5S. The maximum absolute atomic E-state index is 12.0. The topological polar surface area (TPSA) is 94.9 Å². The van der Waals surface area contributed by atoms with Gasteiger partial charge in [0.25, 0.3) is 0 Å². The molecule has 6 nitrogen and oxygen atoms in total. The summed E-state index contributed by atoms with van der Waals surface area (Å²) in [7, 11) is 0. The van der Waals surface area contributed by atoms with Crippen LogP contribution in [-0.2, 0) is 9.59 Å². The molecule has 0 spiro atoms. The SMILES string of the molecule is CC1Sc2ccc(C(=O)O)cc2N(CC(=O)O)C1=O. The number of benzene rings is 1. The first kappa shape index (κ1) is 13.4. The minimum absolute atomic E-state index is 0.0251. The number of anilines is 1. The number of hydrogen-bond acceptors (Lipinski definition) is 4. The summed E-state index contributed by atoms with van der Waals surface area (Å²) in [4.78, 5) is 35.6. The zero-order valence-electron chi connectivity index (χ0n) is 9.99. The van der Waals surface area contributed by atoms with Crippen LogP contribution in [0.3, 0.4) is 0 Å². The number of aromatic carboxylic acids is 1. The summed E-state index contributed by atoms with van der Waals surface area (Å²) in [6, 6.07) is 4.37. The molecule has 1 heterocycles. The van der Waals surface area contributed by atoms with Crippen molar-refractivity contribution in [1.29, 1.82) is 0 Å². The van der Waals surface area contributed by atoms with Crippen molar-refractivity contribution in [3.63, 3.8) is 0 Å². The van der Waals surface area contributed by atoms with Gasteiger partial charge in [-0.25, -0.2) is 4.79 Å². The van der Waals surface area contributed by atoms with Crippen molar-refractivity contribution in [2.75, 3.05) is 11.4 Å². The van der Waals surface area contributed by atoms with Crippen molar-refractivity contribution in [2.24, 2.45) is 0 Å². The summed E-state index contributed by atoms with van der Waals surface area (Å²) in [6.07, 6.45) is 0. The summed E-state index contributed by atoms with van der Waals surface area (Å²) < 4.78 is 0. The van der Waals surface area contributed by atoms with Crippen LogP contribution in [0.2, 0.25) is 0 Å². The van der Waals surface area contributed by atoms with E-state index < -0.39 is 18.5 Å². The summed E-state index contributed by atoms with van der Waals surface area (Å²) in [5, 5.41) is 17.4. The second kappa shape index (κ2) is 4.93. The van der Waals surface area contributed by atoms with Gasteiger partial charge >= 0.3 is 11.9 Å². The largest absolute Gasteiger partial charge is 0.480 e. The van der Waals surface area contributed by atoms with Crippen LogP contribution in [0.15, 0.2) is 23.1 Å². The highest BCUT2D eigenvalue weighted by Gasteiger charge is 2.32. The molecular weight excluding hydrogens is 270 g/mol. The van der Waals surface area contributed by atoms with Crippen LogP contribution in [0, 0.1) is 0 Å². The molecule has 0 saturated carbocycles. The van der Waals surface area contributed by atoms with Crippen LogP contribution in [0.4, 0.5) is 5.69 Å². The van der Waals surface area contributed by atoms with Gasteiger partial charge in [0.15, 0.2) is 0 Å². The van der Waals surface area contributed by atoms with Crippen LogP contribution in [0.5, 0.6) is 0 Å². The molecule has 1 aromatic rings. The van der Waals surface area contributed by atoms with Crippen LogP contribution >= 0.6 is 11.8 Å². The normalized spacial score (nSPS) is 18.1. The molecule has 100 valence electrons. The Bertz CT molecular complexity index is 571. The van der Waals surface area contributed by atoms with Gasteiger partial charge in [0, 0.05) is 4.90 Å². The van der Waals surface area contributed by atoms with Crippen LogP contribution in [0.25, 0.3) is 0 Å². The Hall–Kier alpha value is -2.02. The monoisotopic (exact) mass is 281 g/mol. The van der Waals surface area contributed by atoms with Gasteiger partial charge in [0.05, 0.1) is 16.5 Å². The van der Waals surface area contributed by atoms with Crippen LogP contribution in [-0.4, -0.2) is 39.9 Å². The zero-order chi connectivity index (χ0) is 14.2. The number of aliphatic carboxylic acids is 1. The fraction of sp³-hybridized carbons (Fsp3) is 0.250. The smallest absolute Gasteiger partial charge is 0.335 e. The highest BCUT2D eigenvalue weighted by Crippen LogP contribution is 2.39. The molecule has 0 aliphatic carbocycles. The third kappa shape index (κ3) is 2.55. The highest BCUT2D eigenvalue weighted by atomic mass is 32.2. The Morgan fingerprint density at radius 2 is 2.05 bits per heavy atom. The number of fused-ring (bicyclic) bond motifs is 1. The van der Waals surface area contributed by atoms with E-state index in [1.165, 1.54) is 23.9 Å². The van der Waals surface area contributed by atoms with E-state index in [9.17, 15) is 14.4 Å². The van der Waals surface area contributed by atoms with Gasteiger partial charge in [0.1, 0.15) is 6.54 Å². The molecule has 1 unspecified atom stereocenters. The van der Waals surface area contributed by atoms with Gasteiger partial charge in [-0.1, -0.05) is 0 Å². The molecule has 0 saturated heterocycles. The third-order valence-corrected chi connectivity index (χ3v) is 3.86. The first-order valence-corrected chi connectivity index (χ1v) is 6.35. The van der Waals surface area contributed by atoms with E-state index in [-0.39, 0.29) is 16.7 Å². The molecule has 0 bridgehead atoms. The Kier molecular flexibility index (Phi) is 3.48. The summed E-state index contributed by atoms with van der Waals surface area (Å²) in [6.45, 7) is 1.22. The molecule has 2 N–H and O–H groups in total. The molecule has 1 aliphatic heterocycles. The quantitative estimate of drug-likeness (QED) is 0.867. The third-order valence-electron chi connectivity index (χ3n) is 2.71. The molecule has 1 amide bonds. The van der Waals surface area contributed by atoms with Gasteiger partial charge in [0.2, 0.25) is 5.91 Å². The average Bonchev–Trinajstić information content (AvgIpc) is 2.34. The number of hydrogen-bond donors (Lipinski definition) is 2. The molecule has 0 fully saturated rings. The fourth-order valence-electron chi connectivity index (χ4n) is 1.84. The number of thioether (sulfide) groups is 1. The van der Waals surface area contributed by atoms with Gasteiger partial charge in [-0.3, -0.25) is 14.5 Å². The van der Waals surface area contributed by atoms with Crippen molar-refractivity contribution >= 4 is 35.3 Å². The summed E-state index contributed by atoms with van der Waals surface area (Å²) in [5.74, 6) is -2.59. The lowest BCUT2D eigenvalue weighted by Gasteiger charge is -2.31. The van der Waals surface area contributed by atoms with E-state index in [1.807, 2.05) is 0 Å². The van der Waals surface area contributed by atoms with E-state index in [0.29, 0.717) is 10.6 Å². The predicted molar refractivity (Wildman–Crippen MR) is 68.7 cm³/mol. The summed E-state index contributed by atoms with van der Waals surface area (Å²) in [5.41, 5.74) is 0.368. The molecule has 2 rings (SSSR count). The Morgan fingerprint density at radius 1 is 1.37 bits per heavy atom. The molecule has 1 atom stereocenters.